The molecule has 7 heteroatoms. The fourth-order valence-electron chi connectivity index (χ4n) is 2.69. The lowest BCUT2D eigenvalue weighted by Crippen LogP contribution is -2.54. The summed E-state index contributed by atoms with van der Waals surface area (Å²) in [5.74, 6) is 1.28. The summed E-state index contributed by atoms with van der Waals surface area (Å²) in [6.07, 6.45) is 1.62. The van der Waals surface area contributed by atoms with Crippen LogP contribution < -0.4 is 14.8 Å². The highest BCUT2D eigenvalue weighted by Gasteiger charge is 2.36. The predicted molar refractivity (Wildman–Crippen MR) is 84.8 cm³/mol. The average Bonchev–Trinajstić information content (AvgIpc) is 3.01. The molecule has 0 aliphatic carbocycles. The summed E-state index contributed by atoms with van der Waals surface area (Å²) in [7, 11) is 0. The van der Waals surface area contributed by atoms with E-state index in [1.807, 2.05) is 0 Å². The minimum absolute atomic E-state index is 0.116. The van der Waals surface area contributed by atoms with E-state index in [4.69, 9.17) is 9.47 Å². The number of likely N-dealkylation sites (tertiary alicyclic amines) is 1. The van der Waals surface area contributed by atoms with Crippen molar-refractivity contribution in [1.82, 2.24) is 9.88 Å². The van der Waals surface area contributed by atoms with E-state index < -0.39 is 0 Å². The molecule has 0 saturated carbocycles. The normalized spacial score (nSPS) is 15.8. The van der Waals surface area contributed by atoms with Gasteiger partial charge in [-0.25, -0.2) is 4.98 Å². The van der Waals surface area contributed by atoms with Crippen molar-refractivity contribution < 1.29 is 19.1 Å². The number of nitrogens with zero attached hydrogens (tertiary/aromatic N) is 2. The molecule has 1 aromatic carbocycles. The minimum atomic E-state index is -0.218. The molecule has 1 N–H and O–H groups in total. The van der Waals surface area contributed by atoms with Gasteiger partial charge in [0.05, 0.1) is 5.92 Å². The van der Waals surface area contributed by atoms with Crippen LogP contribution in [0, 0.1) is 5.92 Å². The largest absolute Gasteiger partial charge is 0.454 e. The maximum absolute atomic E-state index is 12.4. The van der Waals surface area contributed by atoms with E-state index >= 15 is 0 Å². The third kappa shape index (κ3) is 2.64. The highest BCUT2D eigenvalue weighted by atomic mass is 16.7. The Hall–Kier alpha value is -3.09. The lowest BCUT2D eigenvalue weighted by molar-refractivity contribution is -0.123. The number of anilines is 1. The van der Waals surface area contributed by atoms with Gasteiger partial charge >= 0.3 is 0 Å². The molecule has 1 aromatic heterocycles. The van der Waals surface area contributed by atoms with Crippen molar-refractivity contribution in [2.45, 2.75) is 0 Å². The monoisotopic (exact) mass is 325 g/mol. The zero-order valence-electron chi connectivity index (χ0n) is 12.8. The van der Waals surface area contributed by atoms with Crippen LogP contribution in [0.1, 0.15) is 10.4 Å². The Bertz CT molecular complexity index is 788. The van der Waals surface area contributed by atoms with Crippen LogP contribution in [0.2, 0.25) is 0 Å². The number of hydrogen-bond acceptors (Lipinski definition) is 5. The van der Waals surface area contributed by atoms with Crippen LogP contribution in [0.15, 0.2) is 42.6 Å². The number of nitrogens with one attached hydrogen (secondary N) is 1. The van der Waals surface area contributed by atoms with Gasteiger partial charge in [0.15, 0.2) is 11.5 Å². The van der Waals surface area contributed by atoms with E-state index in [1.165, 1.54) is 0 Å². The van der Waals surface area contributed by atoms with Crippen molar-refractivity contribution in [1.29, 1.82) is 0 Å². The summed E-state index contributed by atoms with van der Waals surface area (Å²) in [6.45, 7) is 0.963. The molecule has 2 aromatic rings. The van der Waals surface area contributed by atoms with Gasteiger partial charge in [-0.1, -0.05) is 6.07 Å². The number of aromatic nitrogens is 1. The molecule has 4 rings (SSSR count). The van der Waals surface area contributed by atoms with Gasteiger partial charge in [0, 0.05) is 24.8 Å². The molecule has 1 fully saturated rings. The van der Waals surface area contributed by atoms with Crippen molar-refractivity contribution in [3.05, 3.63) is 48.2 Å². The Morgan fingerprint density at radius 3 is 2.75 bits per heavy atom. The molecule has 1 saturated heterocycles. The number of benzene rings is 1. The zero-order valence-corrected chi connectivity index (χ0v) is 12.8. The fourth-order valence-corrected chi connectivity index (χ4v) is 2.69. The number of ether oxygens (including phenoxy) is 2. The number of carbonyl (C=O) groups excluding carboxylic acids is 2. The van der Waals surface area contributed by atoms with Crippen LogP contribution in [-0.2, 0) is 4.79 Å². The first-order valence-electron chi connectivity index (χ1n) is 7.61. The van der Waals surface area contributed by atoms with E-state index in [1.54, 1.807) is 47.5 Å². The number of amides is 2. The predicted octanol–water partition coefficient (Wildman–Crippen LogP) is 1.52. The molecule has 24 heavy (non-hydrogen) atoms. The summed E-state index contributed by atoms with van der Waals surface area (Å²) in [5, 5.41) is 2.75. The van der Waals surface area contributed by atoms with Crippen molar-refractivity contribution >= 4 is 17.6 Å². The second kappa shape index (κ2) is 5.84. The van der Waals surface area contributed by atoms with Crippen LogP contribution in [0.25, 0.3) is 0 Å². The van der Waals surface area contributed by atoms with Gasteiger partial charge in [0.1, 0.15) is 5.82 Å². The van der Waals surface area contributed by atoms with Crippen molar-refractivity contribution in [3.8, 4) is 11.5 Å². The van der Waals surface area contributed by atoms with Crippen LogP contribution in [0.5, 0.6) is 11.5 Å². The van der Waals surface area contributed by atoms with Crippen molar-refractivity contribution in [3.63, 3.8) is 0 Å². The first kappa shape index (κ1) is 14.5. The van der Waals surface area contributed by atoms with E-state index in [9.17, 15) is 9.59 Å². The Morgan fingerprint density at radius 1 is 1.12 bits per heavy atom. The van der Waals surface area contributed by atoms with E-state index in [0.29, 0.717) is 36.0 Å². The van der Waals surface area contributed by atoms with Gasteiger partial charge < -0.3 is 19.7 Å². The molecule has 0 radical (unpaired) electrons. The number of pyridine rings is 1. The summed E-state index contributed by atoms with van der Waals surface area (Å²) >= 11 is 0. The van der Waals surface area contributed by atoms with Gasteiger partial charge in [-0.3, -0.25) is 9.59 Å². The van der Waals surface area contributed by atoms with E-state index in [2.05, 4.69) is 10.3 Å². The van der Waals surface area contributed by atoms with Crippen LogP contribution in [-0.4, -0.2) is 41.6 Å². The first-order chi connectivity index (χ1) is 11.7. The Balaban J connectivity index is 1.35. The molecule has 0 unspecified atom stereocenters. The van der Waals surface area contributed by atoms with Crippen molar-refractivity contribution in [2.24, 2.45) is 5.92 Å². The number of hydrogen-bond donors (Lipinski definition) is 1. The van der Waals surface area contributed by atoms with Crippen molar-refractivity contribution in [2.75, 3.05) is 25.2 Å². The molecule has 7 nitrogen and oxygen atoms in total. The molecule has 0 spiro atoms. The Labute approximate surface area is 138 Å². The van der Waals surface area contributed by atoms with Gasteiger partial charge in [0.25, 0.3) is 5.91 Å². The van der Waals surface area contributed by atoms with Crippen LogP contribution in [0.3, 0.4) is 0 Å². The summed E-state index contributed by atoms with van der Waals surface area (Å²) in [5.41, 5.74) is 0.530. The maximum Gasteiger partial charge on any atom is 0.254 e. The molecule has 122 valence electrons. The second-order valence-electron chi connectivity index (χ2n) is 5.68. The zero-order chi connectivity index (χ0) is 16.5. The molecular formula is C17H15N3O4. The maximum atomic E-state index is 12.4. The van der Waals surface area contributed by atoms with Gasteiger partial charge in [-0.15, -0.1) is 0 Å². The number of rotatable bonds is 3. The van der Waals surface area contributed by atoms with Crippen LogP contribution >= 0.6 is 0 Å². The third-order valence-corrected chi connectivity index (χ3v) is 4.08. The fraction of sp³-hybridized carbons (Fsp3) is 0.235. The standard InChI is InChI=1S/C17H15N3O4/c21-16(19-15-3-1-2-6-18-15)12-8-20(9-12)17(22)11-4-5-13-14(7-11)24-10-23-13/h1-7,12H,8-10H2,(H,18,19,21). The van der Waals surface area contributed by atoms with Crippen LogP contribution in [0.4, 0.5) is 5.82 Å². The number of carbonyl (C=O) groups is 2. The molecule has 2 aliphatic rings. The Kier molecular flexibility index (Phi) is 3.53. The lowest BCUT2D eigenvalue weighted by atomic mass is 9.97. The number of fused-ring (bicyclic) bond motifs is 1. The summed E-state index contributed by atoms with van der Waals surface area (Å²) in [6, 6.07) is 10.4. The topological polar surface area (TPSA) is 80.8 Å². The molecule has 2 aliphatic heterocycles. The lowest BCUT2D eigenvalue weighted by Gasteiger charge is -2.38. The molecule has 3 heterocycles. The summed E-state index contributed by atoms with van der Waals surface area (Å²) < 4.78 is 10.5. The van der Waals surface area contributed by atoms with Gasteiger partial charge in [-0.2, -0.15) is 0 Å². The summed E-state index contributed by atoms with van der Waals surface area (Å²) in [4.78, 5) is 30.3. The minimum Gasteiger partial charge on any atom is -0.454 e. The second-order valence-corrected chi connectivity index (χ2v) is 5.68. The first-order valence-corrected chi connectivity index (χ1v) is 7.61. The quantitative estimate of drug-likeness (QED) is 0.925. The highest BCUT2D eigenvalue weighted by molar-refractivity contribution is 5.98. The molecular weight excluding hydrogens is 310 g/mol. The SMILES string of the molecule is O=C(Nc1ccccn1)C1CN(C(=O)c2ccc3c(c2)OCO3)C1. The average molecular weight is 325 g/mol. The molecule has 0 atom stereocenters. The van der Waals surface area contributed by atoms with E-state index in [0.717, 1.165) is 0 Å². The van der Waals surface area contributed by atoms with Gasteiger partial charge in [-0.05, 0) is 30.3 Å². The van der Waals surface area contributed by atoms with Gasteiger partial charge in [0.2, 0.25) is 12.7 Å². The Morgan fingerprint density at radius 2 is 1.96 bits per heavy atom. The third-order valence-electron chi connectivity index (χ3n) is 4.08. The van der Waals surface area contributed by atoms with E-state index in [-0.39, 0.29) is 24.5 Å². The molecule has 2 amide bonds. The smallest absolute Gasteiger partial charge is 0.254 e. The molecule has 0 bridgehead atoms. The highest BCUT2D eigenvalue weighted by Crippen LogP contribution is 2.33.